The summed E-state index contributed by atoms with van der Waals surface area (Å²) in [6.45, 7) is 2.21. The van der Waals surface area contributed by atoms with Crippen molar-refractivity contribution in [3.8, 4) is 16.9 Å². The molecule has 0 atom stereocenters. The van der Waals surface area contributed by atoms with Crippen molar-refractivity contribution in [2.75, 3.05) is 0 Å². The Hall–Kier alpha value is -3.03. The Morgan fingerprint density at radius 2 is 1.34 bits per heavy atom. The number of halogens is 7. The van der Waals surface area contributed by atoms with E-state index in [1.165, 1.54) is 38.5 Å². The molecule has 1 nitrogen and oxygen atoms in total. The molecule has 5 rings (SSSR count). The fourth-order valence-corrected chi connectivity index (χ4v) is 7.08. The molecule has 0 aromatic heterocycles. The Labute approximate surface area is 254 Å². The summed E-state index contributed by atoms with van der Waals surface area (Å²) in [6.07, 6.45) is 6.94. The molecule has 2 saturated carbocycles. The highest BCUT2D eigenvalue weighted by atomic mass is 19.3. The van der Waals surface area contributed by atoms with Gasteiger partial charge in [-0.1, -0.05) is 44.7 Å². The zero-order valence-electron chi connectivity index (χ0n) is 25.0. The van der Waals surface area contributed by atoms with E-state index >= 15 is 13.2 Å². The largest absolute Gasteiger partial charge is 0.432 e. The molecule has 0 saturated heterocycles. The lowest BCUT2D eigenvalue weighted by Crippen LogP contribution is -2.37. The van der Waals surface area contributed by atoms with E-state index in [0.717, 1.165) is 36.5 Å². The fraction of sp³-hybridized carbons (Fsp3) is 0.500. The van der Waals surface area contributed by atoms with E-state index in [4.69, 9.17) is 4.74 Å². The minimum atomic E-state index is -3.61. The van der Waals surface area contributed by atoms with Crippen LogP contribution in [0.5, 0.6) is 5.75 Å². The zero-order chi connectivity index (χ0) is 31.4. The van der Waals surface area contributed by atoms with Gasteiger partial charge in [-0.25, -0.2) is 22.0 Å². The zero-order valence-corrected chi connectivity index (χ0v) is 25.0. The SMILES string of the molecule is CCCCCC1CCC(c2ccc(C3CCC(C(F)(F)Oc4ccc(-c5cc(F)c(F)c(F)c5)c(F)c4)CC3)c(F)c2)CC1. The lowest BCUT2D eigenvalue weighted by Gasteiger charge is -2.34. The molecule has 0 bridgehead atoms. The van der Waals surface area contributed by atoms with Crippen LogP contribution in [-0.2, 0) is 0 Å². The predicted octanol–water partition coefficient (Wildman–Crippen LogP) is 11.8. The number of hydrogen-bond acceptors (Lipinski definition) is 1. The third kappa shape index (κ3) is 7.43. The molecule has 0 radical (unpaired) electrons. The summed E-state index contributed by atoms with van der Waals surface area (Å²) in [5, 5.41) is 0. The van der Waals surface area contributed by atoms with Crippen molar-refractivity contribution in [3.63, 3.8) is 0 Å². The first-order valence-corrected chi connectivity index (χ1v) is 15.9. The van der Waals surface area contributed by atoms with Crippen molar-refractivity contribution in [1.82, 2.24) is 0 Å². The molecule has 2 aliphatic rings. The molecule has 0 heterocycles. The molecule has 2 fully saturated rings. The molecular formula is C36H39F7O. The van der Waals surface area contributed by atoms with Gasteiger partial charge in [0.15, 0.2) is 17.5 Å². The number of ether oxygens (including phenoxy) is 1. The van der Waals surface area contributed by atoms with Gasteiger partial charge in [-0.15, -0.1) is 0 Å². The van der Waals surface area contributed by atoms with Crippen molar-refractivity contribution in [3.05, 3.63) is 88.7 Å². The van der Waals surface area contributed by atoms with Crippen LogP contribution < -0.4 is 4.74 Å². The fourth-order valence-electron chi connectivity index (χ4n) is 7.08. The van der Waals surface area contributed by atoms with E-state index in [9.17, 15) is 17.6 Å². The van der Waals surface area contributed by atoms with Gasteiger partial charge in [0.25, 0.3) is 0 Å². The van der Waals surface area contributed by atoms with Gasteiger partial charge in [0.2, 0.25) is 0 Å². The molecule has 3 aromatic carbocycles. The van der Waals surface area contributed by atoms with Crippen LogP contribution in [0.1, 0.15) is 107 Å². The van der Waals surface area contributed by atoms with Gasteiger partial charge < -0.3 is 4.74 Å². The number of unbranched alkanes of at least 4 members (excludes halogenated alkanes) is 2. The smallest absolute Gasteiger partial charge is 0.400 e. The second-order valence-corrected chi connectivity index (χ2v) is 12.6. The summed E-state index contributed by atoms with van der Waals surface area (Å²) >= 11 is 0. The summed E-state index contributed by atoms with van der Waals surface area (Å²) in [4.78, 5) is 0. The molecule has 0 spiro atoms. The second-order valence-electron chi connectivity index (χ2n) is 12.6. The molecule has 0 amide bonds. The van der Waals surface area contributed by atoms with E-state index in [2.05, 4.69) is 6.92 Å². The van der Waals surface area contributed by atoms with Crippen molar-refractivity contribution in [1.29, 1.82) is 0 Å². The quantitative estimate of drug-likeness (QED) is 0.124. The minimum absolute atomic E-state index is 0.107. The van der Waals surface area contributed by atoms with Gasteiger partial charge in [0, 0.05) is 11.6 Å². The van der Waals surface area contributed by atoms with E-state index in [1.807, 2.05) is 12.1 Å². The van der Waals surface area contributed by atoms with Crippen LogP contribution in [0.4, 0.5) is 30.7 Å². The first kappa shape index (κ1) is 32.4. The Bertz CT molecular complexity index is 1400. The maximum Gasteiger partial charge on any atom is 0.400 e. The third-order valence-corrected chi connectivity index (χ3v) is 9.69. The van der Waals surface area contributed by atoms with E-state index < -0.39 is 41.0 Å². The molecular weight excluding hydrogens is 581 g/mol. The number of rotatable bonds is 10. The van der Waals surface area contributed by atoms with Crippen LogP contribution in [0, 0.1) is 40.9 Å². The van der Waals surface area contributed by atoms with Crippen LogP contribution in [0.3, 0.4) is 0 Å². The molecule has 44 heavy (non-hydrogen) atoms. The van der Waals surface area contributed by atoms with Crippen LogP contribution in [0.25, 0.3) is 11.1 Å². The number of benzene rings is 3. The summed E-state index contributed by atoms with van der Waals surface area (Å²) in [5.74, 6) is -6.61. The van der Waals surface area contributed by atoms with Gasteiger partial charge in [-0.05, 0) is 116 Å². The van der Waals surface area contributed by atoms with Crippen molar-refractivity contribution in [2.24, 2.45) is 11.8 Å². The van der Waals surface area contributed by atoms with Crippen molar-refractivity contribution in [2.45, 2.75) is 102 Å². The molecule has 0 N–H and O–H groups in total. The lowest BCUT2D eigenvalue weighted by atomic mass is 9.75. The molecule has 0 aliphatic heterocycles. The maximum absolute atomic E-state index is 15.3. The average molecular weight is 621 g/mol. The second kappa shape index (κ2) is 13.9. The standard InChI is InChI=1S/C36H39F7O/c1-2-3-4-5-22-6-8-23(9-7-22)25-12-16-29(31(37)18-25)24-10-13-27(14-11-24)36(42,43)44-28-15-17-30(32(38)21-28)26-19-33(39)35(41)34(40)20-26/h12,15-24,27H,2-11,13-14H2,1H3. The number of hydrogen-bond donors (Lipinski definition) is 0. The Balaban J connectivity index is 1.16. The molecule has 238 valence electrons. The summed E-state index contributed by atoms with van der Waals surface area (Å²) in [6, 6.07) is 9.58. The predicted molar refractivity (Wildman–Crippen MR) is 157 cm³/mol. The van der Waals surface area contributed by atoms with E-state index in [1.54, 1.807) is 6.07 Å². The van der Waals surface area contributed by atoms with E-state index in [0.29, 0.717) is 42.5 Å². The van der Waals surface area contributed by atoms with Crippen LogP contribution in [0.2, 0.25) is 0 Å². The molecule has 2 aliphatic carbocycles. The number of alkyl halides is 2. The summed E-state index contributed by atoms with van der Waals surface area (Å²) < 4.78 is 106. The minimum Gasteiger partial charge on any atom is -0.432 e. The van der Waals surface area contributed by atoms with Crippen LogP contribution >= 0.6 is 0 Å². The van der Waals surface area contributed by atoms with Crippen molar-refractivity contribution >= 4 is 0 Å². The Morgan fingerprint density at radius 1 is 0.682 bits per heavy atom. The molecule has 3 aromatic rings. The maximum atomic E-state index is 15.3. The first-order valence-electron chi connectivity index (χ1n) is 15.9. The third-order valence-electron chi connectivity index (χ3n) is 9.69. The lowest BCUT2D eigenvalue weighted by molar-refractivity contribution is -0.222. The highest BCUT2D eigenvalue weighted by molar-refractivity contribution is 5.65. The van der Waals surface area contributed by atoms with Gasteiger partial charge in [-0.3, -0.25) is 0 Å². The van der Waals surface area contributed by atoms with Gasteiger partial charge in [0.05, 0.1) is 5.92 Å². The highest BCUT2D eigenvalue weighted by Crippen LogP contribution is 2.45. The Kier molecular flexibility index (Phi) is 10.3. The van der Waals surface area contributed by atoms with Gasteiger partial charge in [0.1, 0.15) is 17.4 Å². The Morgan fingerprint density at radius 3 is 1.95 bits per heavy atom. The normalized spacial score (nSPS) is 22.6. The van der Waals surface area contributed by atoms with Crippen LogP contribution in [0.15, 0.2) is 48.5 Å². The van der Waals surface area contributed by atoms with Crippen LogP contribution in [-0.4, -0.2) is 6.11 Å². The van der Waals surface area contributed by atoms with Gasteiger partial charge >= 0.3 is 6.11 Å². The molecule has 8 heteroatoms. The topological polar surface area (TPSA) is 9.23 Å². The first-order chi connectivity index (χ1) is 21.1. The highest BCUT2D eigenvalue weighted by Gasteiger charge is 2.44. The van der Waals surface area contributed by atoms with Gasteiger partial charge in [-0.2, -0.15) is 8.78 Å². The molecule has 0 unspecified atom stereocenters. The average Bonchev–Trinajstić information content (AvgIpc) is 3.00. The summed E-state index contributed by atoms with van der Waals surface area (Å²) in [5.41, 5.74) is 1.03. The van der Waals surface area contributed by atoms with Crippen molar-refractivity contribution < 1.29 is 35.5 Å². The van der Waals surface area contributed by atoms with E-state index in [-0.39, 0.29) is 35.7 Å². The summed E-state index contributed by atoms with van der Waals surface area (Å²) in [7, 11) is 0. The monoisotopic (exact) mass is 620 g/mol.